The summed E-state index contributed by atoms with van der Waals surface area (Å²) in [4.78, 5) is 15.0. The fraction of sp³-hybridized carbons (Fsp3) is 0. The first kappa shape index (κ1) is 7.44. The predicted molar refractivity (Wildman–Crippen MR) is 54.8 cm³/mol. The maximum Gasteiger partial charge on any atom is 0.270 e. The maximum absolute atomic E-state index is 11.0. The minimum atomic E-state index is -0.177. The van der Waals surface area contributed by atoms with Crippen LogP contribution in [0, 0.1) is 0 Å². The second-order valence-electron chi connectivity index (χ2n) is 3.35. The molecule has 0 spiro atoms. The third-order valence-corrected chi connectivity index (χ3v) is 2.42. The summed E-state index contributed by atoms with van der Waals surface area (Å²) in [5, 5.41) is 1.97. The van der Waals surface area contributed by atoms with Crippen LogP contribution in [0.5, 0.6) is 0 Å². The van der Waals surface area contributed by atoms with Crippen LogP contribution in [0.3, 0.4) is 0 Å². The standard InChI is InChI=1S/C12H7NO/c14-12-5-4-10-6-8-2-1-3-9(8)7-11(10)13-12/h1-7H. The molecule has 2 aliphatic rings. The predicted octanol–water partition coefficient (Wildman–Crippen LogP) is 0.667. The van der Waals surface area contributed by atoms with Gasteiger partial charge in [0.05, 0.1) is 5.36 Å². The van der Waals surface area contributed by atoms with Crippen LogP contribution in [0.1, 0.15) is 11.1 Å². The molecule has 0 unspecified atom stereocenters. The molecule has 0 saturated carbocycles. The molecule has 1 heterocycles. The quantitative estimate of drug-likeness (QED) is 0.578. The van der Waals surface area contributed by atoms with Gasteiger partial charge in [0.15, 0.2) is 0 Å². The average Bonchev–Trinajstić information content (AvgIpc) is 2.61. The van der Waals surface area contributed by atoms with Gasteiger partial charge in [-0.15, -0.1) is 0 Å². The van der Waals surface area contributed by atoms with Crippen LogP contribution in [0.15, 0.2) is 29.3 Å². The molecule has 14 heavy (non-hydrogen) atoms. The van der Waals surface area contributed by atoms with Gasteiger partial charge in [0, 0.05) is 11.6 Å². The minimum absolute atomic E-state index is 0.177. The van der Waals surface area contributed by atoms with Crippen LogP contribution in [-0.2, 0) is 4.79 Å². The highest BCUT2D eigenvalue weighted by Gasteiger charge is 2.05. The second kappa shape index (κ2) is 2.51. The summed E-state index contributed by atoms with van der Waals surface area (Å²) in [6.45, 7) is 0. The first-order valence-electron chi connectivity index (χ1n) is 4.46. The van der Waals surface area contributed by atoms with E-state index in [9.17, 15) is 4.79 Å². The molecule has 2 nitrogen and oxygen atoms in total. The zero-order valence-corrected chi connectivity index (χ0v) is 7.40. The molecule has 1 aromatic carbocycles. The van der Waals surface area contributed by atoms with Crippen LogP contribution in [-0.4, -0.2) is 5.91 Å². The topological polar surface area (TPSA) is 29.4 Å². The number of benzene rings is 1. The molecule has 0 fully saturated rings. The van der Waals surface area contributed by atoms with E-state index < -0.39 is 0 Å². The molecule has 1 aliphatic carbocycles. The summed E-state index contributed by atoms with van der Waals surface area (Å²) < 4.78 is 0. The van der Waals surface area contributed by atoms with Crippen LogP contribution in [0.2, 0.25) is 0 Å². The van der Waals surface area contributed by atoms with E-state index >= 15 is 0 Å². The number of allylic oxidation sites excluding steroid dienone is 1. The normalized spacial score (nSPS) is 15.9. The Hall–Kier alpha value is -1.96. The van der Waals surface area contributed by atoms with Gasteiger partial charge in [-0.2, -0.15) is 0 Å². The van der Waals surface area contributed by atoms with E-state index in [-0.39, 0.29) is 5.91 Å². The van der Waals surface area contributed by atoms with Gasteiger partial charge in [0.1, 0.15) is 0 Å². The molecule has 1 amide bonds. The lowest BCUT2D eigenvalue weighted by Crippen LogP contribution is -2.18. The van der Waals surface area contributed by atoms with Crippen molar-refractivity contribution in [2.24, 2.45) is 4.99 Å². The van der Waals surface area contributed by atoms with Crippen molar-refractivity contribution < 1.29 is 4.79 Å². The molecular formula is C12H7NO. The molecule has 0 saturated heterocycles. The van der Waals surface area contributed by atoms with Gasteiger partial charge in [-0.25, -0.2) is 4.99 Å². The van der Waals surface area contributed by atoms with E-state index in [4.69, 9.17) is 0 Å². The highest BCUT2D eigenvalue weighted by Crippen LogP contribution is 2.05. The molecule has 2 heteroatoms. The van der Waals surface area contributed by atoms with E-state index in [1.54, 1.807) is 0 Å². The fourth-order valence-electron chi connectivity index (χ4n) is 1.73. The van der Waals surface area contributed by atoms with E-state index in [1.165, 1.54) is 11.3 Å². The molecule has 0 N–H and O–H groups in total. The van der Waals surface area contributed by atoms with Crippen LogP contribution in [0.4, 0.5) is 0 Å². The summed E-state index contributed by atoms with van der Waals surface area (Å²) in [6, 6.07) is 4.00. The number of carbonyl (C=O) groups excluding carboxylic acids is 1. The van der Waals surface area contributed by atoms with Crippen molar-refractivity contribution in [2.75, 3.05) is 0 Å². The average molecular weight is 181 g/mol. The summed E-state index contributed by atoms with van der Waals surface area (Å²) in [6.07, 6.45) is 9.39. The van der Waals surface area contributed by atoms with Crippen LogP contribution >= 0.6 is 0 Å². The lowest BCUT2D eigenvalue weighted by Gasteiger charge is -2.01. The Bertz CT molecular complexity index is 606. The number of fused-ring (bicyclic) bond motifs is 2. The Balaban J connectivity index is 2.42. The molecule has 0 bridgehead atoms. The van der Waals surface area contributed by atoms with Crippen molar-refractivity contribution >= 4 is 24.1 Å². The Morgan fingerprint density at radius 2 is 1.93 bits per heavy atom. The SMILES string of the molecule is O=C1C=Cc2cc3c(cc2=N1)C=CC=3. The second-order valence-corrected chi connectivity index (χ2v) is 3.35. The number of rotatable bonds is 0. The van der Waals surface area contributed by atoms with Crippen molar-refractivity contribution in [1.29, 1.82) is 0 Å². The largest absolute Gasteiger partial charge is 0.270 e. The Labute approximate surface area is 80.6 Å². The van der Waals surface area contributed by atoms with Crippen molar-refractivity contribution in [3.63, 3.8) is 0 Å². The Kier molecular flexibility index (Phi) is 1.34. The lowest BCUT2D eigenvalue weighted by atomic mass is 10.1. The molecule has 0 atom stereocenters. The number of hydrogen-bond donors (Lipinski definition) is 0. The summed E-state index contributed by atoms with van der Waals surface area (Å²) >= 11 is 0. The third-order valence-electron chi connectivity index (χ3n) is 2.42. The molecular weight excluding hydrogens is 174 g/mol. The number of nitrogens with zero attached hydrogens (tertiary/aromatic N) is 1. The van der Waals surface area contributed by atoms with Crippen molar-refractivity contribution in [3.8, 4) is 0 Å². The van der Waals surface area contributed by atoms with Crippen LogP contribution in [0.25, 0.3) is 18.2 Å². The molecule has 1 aliphatic heterocycles. The molecule has 66 valence electrons. The van der Waals surface area contributed by atoms with Gasteiger partial charge in [-0.05, 0) is 29.0 Å². The first-order chi connectivity index (χ1) is 6.83. The first-order valence-corrected chi connectivity index (χ1v) is 4.46. The van der Waals surface area contributed by atoms with Gasteiger partial charge in [0.25, 0.3) is 5.91 Å². The minimum Gasteiger partial charge on any atom is -0.267 e. The van der Waals surface area contributed by atoms with Gasteiger partial charge < -0.3 is 0 Å². The zero-order valence-electron chi connectivity index (χ0n) is 7.40. The smallest absolute Gasteiger partial charge is 0.267 e. The van der Waals surface area contributed by atoms with Gasteiger partial charge in [-0.3, -0.25) is 4.79 Å². The van der Waals surface area contributed by atoms with Gasteiger partial charge in [0.2, 0.25) is 0 Å². The highest BCUT2D eigenvalue weighted by atomic mass is 16.1. The Morgan fingerprint density at radius 1 is 1.00 bits per heavy atom. The highest BCUT2D eigenvalue weighted by molar-refractivity contribution is 5.94. The summed E-state index contributed by atoms with van der Waals surface area (Å²) in [5.74, 6) is -0.177. The fourth-order valence-corrected chi connectivity index (χ4v) is 1.73. The van der Waals surface area contributed by atoms with Crippen molar-refractivity contribution in [2.45, 2.75) is 0 Å². The number of amides is 1. The lowest BCUT2D eigenvalue weighted by molar-refractivity contribution is -0.113. The van der Waals surface area contributed by atoms with E-state index in [1.807, 2.05) is 24.3 Å². The number of carbonyl (C=O) groups is 1. The molecule has 3 rings (SSSR count). The summed E-state index contributed by atoms with van der Waals surface area (Å²) in [5.41, 5.74) is 2.15. The summed E-state index contributed by atoms with van der Waals surface area (Å²) in [7, 11) is 0. The van der Waals surface area contributed by atoms with Crippen molar-refractivity contribution in [3.05, 3.63) is 46.0 Å². The van der Waals surface area contributed by atoms with Crippen molar-refractivity contribution in [1.82, 2.24) is 0 Å². The molecule has 0 radical (unpaired) electrons. The third kappa shape index (κ3) is 0.973. The van der Waals surface area contributed by atoms with Gasteiger partial charge >= 0.3 is 0 Å². The zero-order chi connectivity index (χ0) is 9.54. The van der Waals surface area contributed by atoms with E-state index in [0.29, 0.717) is 0 Å². The molecule has 1 aromatic rings. The van der Waals surface area contributed by atoms with Crippen LogP contribution < -0.4 is 10.6 Å². The number of hydrogen-bond acceptors (Lipinski definition) is 1. The van der Waals surface area contributed by atoms with E-state index in [0.717, 1.165) is 16.5 Å². The Morgan fingerprint density at radius 3 is 2.86 bits per heavy atom. The van der Waals surface area contributed by atoms with E-state index in [2.05, 4.69) is 17.1 Å². The monoisotopic (exact) mass is 181 g/mol. The van der Waals surface area contributed by atoms with Gasteiger partial charge in [-0.1, -0.05) is 18.2 Å². The molecule has 0 aromatic heterocycles. The maximum atomic E-state index is 11.0.